The summed E-state index contributed by atoms with van der Waals surface area (Å²) in [7, 11) is 2.74. The second-order valence-electron chi connectivity index (χ2n) is 16.2. The Morgan fingerprint density at radius 3 is 2.02 bits per heavy atom. The number of rotatable bonds is 17. The van der Waals surface area contributed by atoms with Gasteiger partial charge in [0.15, 0.2) is 12.7 Å². The highest BCUT2D eigenvalue weighted by Crippen LogP contribution is 2.35. The van der Waals surface area contributed by atoms with Crippen LogP contribution in [0.15, 0.2) is 54.6 Å². The summed E-state index contributed by atoms with van der Waals surface area (Å²) < 4.78 is 42.7. The largest absolute Gasteiger partial charge is 0.458 e. The molecule has 0 radical (unpaired) electrons. The van der Waals surface area contributed by atoms with Crippen LogP contribution in [-0.2, 0) is 55.9 Å². The van der Waals surface area contributed by atoms with Crippen LogP contribution in [0.4, 0.5) is 9.18 Å². The van der Waals surface area contributed by atoms with Crippen molar-refractivity contribution in [3.8, 4) is 0 Å². The molecule has 3 atom stereocenters. The van der Waals surface area contributed by atoms with E-state index in [2.05, 4.69) is 0 Å². The lowest BCUT2D eigenvalue weighted by atomic mass is 9.90. The first kappa shape index (κ1) is 43.2. The minimum Gasteiger partial charge on any atom is -0.458 e. The van der Waals surface area contributed by atoms with E-state index in [9.17, 15) is 24.0 Å². The number of alkyl halides is 1. The molecule has 2 aromatic carbocycles. The summed E-state index contributed by atoms with van der Waals surface area (Å²) in [5, 5.41) is 0. The fraction of sp³-hybridized carbons (Fsp3) is 0.595. The number of hydrogen-bond acceptors (Lipinski definition) is 10. The Labute approximate surface area is 323 Å². The molecule has 2 fully saturated rings. The lowest BCUT2D eigenvalue weighted by Gasteiger charge is -2.34. The van der Waals surface area contributed by atoms with Gasteiger partial charge >= 0.3 is 24.0 Å². The summed E-state index contributed by atoms with van der Waals surface area (Å²) in [6, 6.07) is 14.2. The maximum atomic E-state index is 15.2. The van der Waals surface area contributed by atoms with E-state index < -0.39 is 72.4 Å². The van der Waals surface area contributed by atoms with Crippen molar-refractivity contribution in [1.29, 1.82) is 0 Å². The third-order valence-corrected chi connectivity index (χ3v) is 9.64. The van der Waals surface area contributed by atoms with E-state index in [1.807, 2.05) is 42.5 Å². The summed E-state index contributed by atoms with van der Waals surface area (Å²) in [4.78, 5) is 69.6. The van der Waals surface area contributed by atoms with Gasteiger partial charge in [0.05, 0.1) is 0 Å². The molecule has 2 aliphatic rings. The molecule has 0 bridgehead atoms. The number of carbonyl (C=O) groups excluding carboxylic acids is 5. The molecule has 1 heterocycles. The van der Waals surface area contributed by atoms with Crippen molar-refractivity contribution >= 4 is 29.9 Å². The molecule has 1 saturated heterocycles. The standard InChI is InChI=1S/C42H57FN2O10/c1-41(2,3)55-40(50)45(7)34(25-42(4,5)43)39(49)54-35(24-29-15-17-31(18-16-29)32-19-21-51-22-20-32)37(47)44(6)33(23-28-13-14-28)38(48)53-27-36(46)52-26-30-11-9-8-10-12-30/h8-12,15-18,28,32-35H,13-14,19-27H2,1-7H3/t33-,34-,35?/m0/s1. The summed E-state index contributed by atoms with van der Waals surface area (Å²) in [6.45, 7) is 8.27. The van der Waals surface area contributed by atoms with Gasteiger partial charge in [-0.2, -0.15) is 0 Å². The average Bonchev–Trinajstić information content (AvgIpc) is 3.97. The molecule has 0 aromatic heterocycles. The van der Waals surface area contributed by atoms with Crippen molar-refractivity contribution in [3.05, 3.63) is 71.3 Å². The SMILES string of the molecule is CN(C(=O)OC(C)(C)C)[C@@H](CC(C)(C)F)C(=O)OC(Cc1ccc(C2CCOCC2)cc1)C(=O)N(C)[C@@H](CC1CC1)C(=O)OCC(=O)OCc1ccccc1. The molecule has 1 aliphatic carbocycles. The van der Waals surface area contributed by atoms with Crippen LogP contribution >= 0.6 is 0 Å². The zero-order valence-electron chi connectivity index (χ0n) is 33.2. The van der Waals surface area contributed by atoms with Crippen LogP contribution in [-0.4, -0.2) is 103 Å². The molecule has 12 nitrogen and oxygen atoms in total. The smallest absolute Gasteiger partial charge is 0.410 e. The molecule has 1 unspecified atom stereocenters. The highest BCUT2D eigenvalue weighted by molar-refractivity contribution is 5.90. The maximum Gasteiger partial charge on any atom is 0.410 e. The van der Waals surface area contributed by atoms with Crippen LogP contribution in [0.3, 0.4) is 0 Å². The lowest BCUT2D eigenvalue weighted by molar-refractivity contribution is -0.170. The highest BCUT2D eigenvalue weighted by Gasteiger charge is 2.41. The Kier molecular flexibility index (Phi) is 15.2. The van der Waals surface area contributed by atoms with Crippen molar-refractivity contribution in [2.75, 3.05) is 33.9 Å². The molecule has 55 heavy (non-hydrogen) atoms. The fourth-order valence-electron chi connectivity index (χ4n) is 6.34. The first-order valence-corrected chi connectivity index (χ1v) is 19.0. The second kappa shape index (κ2) is 19.4. The molecule has 1 saturated carbocycles. The van der Waals surface area contributed by atoms with Gasteiger partial charge in [0.2, 0.25) is 0 Å². The Balaban J connectivity index is 1.55. The van der Waals surface area contributed by atoms with Crippen LogP contribution in [0.2, 0.25) is 0 Å². The monoisotopic (exact) mass is 768 g/mol. The molecule has 0 N–H and O–H groups in total. The first-order valence-electron chi connectivity index (χ1n) is 19.0. The molecular formula is C42H57FN2O10. The van der Waals surface area contributed by atoms with Gasteiger partial charge in [0.25, 0.3) is 5.91 Å². The molecule has 0 spiro atoms. The molecule has 1 aliphatic heterocycles. The second-order valence-corrected chi connectivity index (χ2v) is 16.2. The summed E-state index contributed by atoms with van der Waals surface area (Å²) in [5.41, 5.74) is -0.221. The number of halogens is 1. The third kappa shape index (κ3) is 14.2. The van der Waals surface area contributed by atoms with Crippen LogP contribution in [0.25, 0.3) is 0 Å². The van der Waals surface area contributed by atoms with E-state index in [0.29, 0.717) is 24.7 Å². The van der Waals surface area contributed by atoms with Crippen LogP contribution in [0.5, 0.6) is 0 Å². The minimum atomic E-state index is -1.91. The van der Waals surface area contributed by atoms with E-state index in [4.69, 9.17) is 23.7 Å². The van der Waals surface area contributed by atoms with Crippen LogP contribution in [0.1, 0.15) is 95.8 Å². The number of ether oxygens (including phenoxy) is 5. The lowest BCUT2D eigenvalue weighted by Crippen LogP contribution is -2.52. The fourth-order valence-corrected chi connectivity index (χ4v) is 6.34. The van der Waals surface area contributed by atoms with Gasteiger partial charge < -0.3 is 28.6 Å². The van der Waals surface area contributed by atoms with Gasteiger partial charge in [-0.15, -0.1) is 0 Å². The van der Waals surface area contributed by atoms with Crippen molar-refractivity contribution in [3.63, 3.8) is 0 Å². The third-order valence-electron chi connectivity index (χ3n) is 9.64. The summed E-state index contributed by atoms with van der Waals surface area (Å²) in [5.74, 6) is -2.76. The summed E-state index contributed by atoms with van der Waals surface area (Å²) in [6.07, 6.45) is 0.956. The van der Waals surface area contributed by atoms with E-state index in [1.165, 1.54) is 32.8 Å². The van der Waals surface area contributed by atoms with Gasteiger partial charge in [0.1, 0.15) is 30.0 Å². The predicted octanol–water partition coefficient (Wildman–Crippen LogP) is 6.32. The predicted molar refractivity (Wildman–Crippen MR) is 202 cm³/mol. The normalized spacial score (nSPS) is 16.6. The van der Waals surface area contributed by atoms with Gasteiger partial charge in [-0.1, -0.05) is 67.4 Å². The van der Waals surface area contributed by atoms with E-state index in [1.54, 1.807) is 32.9 Å². The molecule has 4 rings (SSSR count). The topological polar surface area (TPSA) is 138 Å². The Morgan fingerprint density at radius 2 is 1.44 bits per heavy atom. The van der Waals surface area contributed by atoms with Gasteiger partial charge in [-0.25, -0.2) is 23.6 Å². The van der Waals surface area contributed by atoms with Crippen molar-refractivity contribution < 1.29 is 52.0 Å². The van der Waals surface area contributed by atoms with Crippen LogP contribution < -0.4 is 0 Å². The molecule has 2 aromatic rings. The Bertz CT molecular complexity index is 1590. The van der Waals surface area contributed by atoms with Crippen molar-refractivity contribution in [2.24, 2.45) is 5.92 Å². The minimum absolute atomic E-state index is 0.00785. The molecule has 13 heteroatoms. The van der Waals surface area contributed by atoms with E-state index in [-0.39, 0.29) is 25.4 Å². The first-order chi connectivity index (χ1) is 25.9. The number of esters is 3. The average molecular weight is 769 g/mol. The number of amides is 2. The van der Waals surface area contributed by atoms with E-state index in [0.717, 1.165) is 41.7 Å². The number of benzene rings is 2. The number of hydrogen-bond donors (Lipinski definition) is 0. The van der Waals surface area contributed by atoms with Gasteiger partial charge in [0, 0.05) is 40.2 Å². The highest BCUT2D eigenvalue weighted by atomic mass is 19.1. The number of likely N-dealkylation sites (N-methyl/N-ethyl adjacent to an activating group) is 2. The molecule has 302 valence electrons. The summed E-state index contributed by atoms with van der Waals surface area (Å²) >= 11 is 0. The quantitative estimate of drug-likeness (QED) is 0.133. The van der Waals surface area contributed by atoms with Crippen molar-refractivity contribution in [1.82, 2.24) is 9.80 Å². The van der Waals surface area contributed by atoms with Crippen LogP contribution in [0, 0.1) is 5.92 Å². The van der Waals surface area contributed by atoms with Gasteiger partial charge in [-0.05, 0) is 82.4 Å². The zero-order chi connectivity index (χ0) is 40.3. The zero-order valence-corrected chi connectivity index (χ0v) is 33.2. The molecule has 2 amide bonds. The molecular weight excluding hydrogens is 711 g/mol. The Morgan fingerprint density at radius 1 is 0.800 bits per heavy atom. The number of nitrogens with zero attached hydrogens (tertiary/aromatic N) is 2. The number of carbonyl (C=O) groups is 5. The van der Waals surface area contributed by atoms with Gasteiger partial charge in [-0.3, -0.25) is 9.69 Å². The van der Waals surface area contributed by atoms with E-state index >= 15 is 4.39 Å². The van der Waals surface area contributed by atoms with Crippen molar-refractivity contribution in [2.45, 2.75) is 122 Å². The Hall–Kier alpha value is -4.52. The maximum absolute atomic E-state index is 15.2.